The highest BCUT2D eigenvalue weighted by molar-refractivity contribution is 6.05. The van der Waals surface area contributed by atoms with Crippen molar-refractivity contribution >= 4 is 34.2 Å². The Balaban J connectivity index is 1.81. The van der Waals surface area contributed by atoms with Gasteiger partial charge in [-0.2, -0.15) is 5.10 Å². The second-order valence-corrected chi connectivity index (χ2v) is 6.77. The summed E-state index contributed by atoms with van der Waals surface area (Å²) in [5.74, 6) is -2.20. The summed E-state index contributed by atoms with van der Waals surface area (Å²) in [5.41, 5.74) is 5.24. The SMILES string of the molecule is CC(C)n1nc(C(=O)OCC(=O)Nc2ccccc2C(N)=O)c2ccccc2c1=O. The molecule has 1 heterocycles. The maximum atomic E-state index is 12.6. The van der Waals surface area contributed by atoms with E-state index >= 15 is 0 Å². The van der Waals surface area contributed by atoms with Gasteiger partial charge < -0.3 is 15.8 Å². The van der Waals surface area contributed by atoms with Gasteiger partial charge in [0.2, 0.25) is 0 Å². The summed E-state index contributed by atoms with van der Waals surface area (Å²) in [6.45, 7) is 2.92. The number of rotatable bonds is 6. The molecule has 0 aliphatic rings. The Bertz CT molecular complexity index is 1200. The molecule has 2 aromatic carbocycles. The molecule has 1 aromatic heterocycles. The number of nitrogens with zero attached hydrogens (tertiary/aromatic N) is 2. The van der Waals surface area contributed by atoms with Crippen molar-refractivity contribution in [2.24, 2.45) is 5.73 Å². The van der Waals surface area contributed by atoms with Crippen molar-refractivity contribution in [3.8, 4) is 0 Å². The molecule has 0 saturated carbocycles. The van der Waals surface area contributed by atoms with E-state index in [0.29, 0.717) is 10.8 Å². The van der Waals surface area contributed by atoms with Gasteiger partial charge in [0.05, 0.1) is 22.7 Å². The molecule has 0 aliphatic carbocycles. The van der Waals surface area contributed by atoms with Crippen LogP contribution in [0, 0.1) is 0 Å². The predicted molar refractivity (Wildman–Crippen MR) is 110 cm³/mol. The minimum absolute atomic E-state index is 0.0655. The van der Waals surface area contributed by atoms with Crippen LogP contribution in [0.25, 0.3) is 10.8 Å². The van der Waals surface area contributed by atoms with Gasteiger partial charge in [-0.3, -0.25) is 14.4 Å². The molecule has 0 fully saturated rings. The van der Waals surface area contributed by atoms with Gasteiger partial charge in [-0.1, -0.05) is 30.3 Å². The molecule has 0 bridgehead atoms. The van der Waals surface area contributed by atoms with E-state index in [1.807, 2.05) is 0 Å². The first-order chi connectivity index (χ1) is 14.3. The lowest BCUT2D eigenvalue weighted by molar-refractivity contribution is -0.119. The number of ether oxygens (including phenoxy) is 1. The van der Waals surface area contributed by atoms with Gasteiger partial charge >= 0.3 is 5.97 Å². The van der Waals surface area contributed by atoms with E-state index in [-0.39, 0.29) is 28.5 Å². The first-order valence-electron chi connectivity index (χ1n) is 9.17. The molecule has 30 heavy (non-hydrogen) atoms. The predicted octanol–water partition coefficient (Wildman–Crippen LogP) is 1.87. The number of benzene rings is 2. The normalized spacial score (nSPS) is 10.8. The molecule has 0 saturated heterocycles. The third-order valence-electron chi connectivity index (χ3n) is 4.31. The van der Waals surface area contributed by atoms with Gasteiger partial charge in [-0.05, 0) is 32.0 Å². The van der Waals surface area contributed by atoms with E-state index in [4.69, 9.17) is 10.5 Å². The number of hydrogen-bond acceptors (Lipinski definition) is 6. The van der Waals surface area contributed by atoms with E-state index in [1.54, 1.807) is 50.2 Å². The number of fused-ring (bicyclic) bond motifs is 1. The molecule has 0 atom stereocenters. The van der Waals surface area contributed by atoms with Crippen molar-refractivity contribution in [3.63, 3.8) is 0 Å². The maximum Gasteiger partial charge on any atom is 0.359 e. The Labute approximate surface area is 171 Å². The zero-order valence-electron chi connectivity index (χ0n) is 16.4. The van der Waals surface area contributed by atoms with E-state index in [1.165, 1.54) is 16.8 Å². The third-order valence-corrected chi connectivity index (χ3v) is 4.31. The Hall–Kier alpha value is -4.01. The molecule has 3 rings (SSSR count). The van der Waals surface area contributed by atoms with Gasteiger partial charge in [0.25, 0.3) is 17.4 Å². The number of anilines is 1. The number of carbonyl (C=O) groups is 3. The molecule has 154 valence electrons. The van der Waals surface area contributed by atoms with E-state index in [9.17, 15) is 19.2 Å². The Morgan fingerprint density at radius 3 is 2.37 bits per heavy atom. The van der Waals surface area contributed by atoms with Gasteiger partial charge in [-0.15, -0.1) is 0 Å². The van der Waals surface area contributed by atoms with E-state index < -0.39 is 24.4 Å². The van der Waals surface area contributed by atoms with Crippen molar-refractivity contribution in [1.82, 2.24) is 9.78 Å². The van der Waals surface area contributed by atoms with E-state index in [2.05, 4.69) is 10.4 Å². The molecular formula is C21H20N4O5. The van der Waals surface area contributed by atoms with Crippen LogP contribution in [-0.2, 0) is 9.53 Å². The van der Waals surface area contributed by atoms with E-state index in [0.717, 1.165) is 0 Å². The monoisotopic (exact) mass is 408 g/mol. The van der Waals surface area contributed by atoms with Crippen LogP contribution < -0.4 is 16.6 Å². The third kappa shape index (κ3) is 4.19. The molecule has 0 spiro atoms. The first-order valence-corrected chi connectivity index (χ1v) is 9.17. The van der Waals surface area contributed by atoms with Gasteiger partial charge in [0, 0.05) is 5.39 Å². The Morgan fingerprint density at radius 2 is 1.70 bits per heavy atom. The van der Waals surface area contributed by atoms with Crippen LogP contribution in [0.2, 0.25) is 0 Å². The molecular weight excluding hydrogens is 388 g/mol. The quantitative estimate of drug-likeness (QED) is 0.598. The van der Waals surface area contributed by atoms with Gasteiger partial charge in [-0.25, -0.2) is 9.48 Å². The fraction of sp³-hybridized carbons (Fsp3) is 0.190. The number of amides is 2. The fourth-order valence-electron chi connectivity index (χ4n) is 2.90. The highest BCUT2D eigenvalue weighted by atomic mass is 16.5. The van der Waals surface area contributed by atoms with Crippen molar-refractivity contribution in [3.05, 3.63) is 70.1 Å². The molecule has 9 nitrogen and oxygen atoms in total. The summed E-state index contributed by atoms with van der Waals surface area (Å²) in [5, 5.41) is 7.28. The molecule has 0 unspecified atom stereocenters. The van der Waals surface area contributed by atoms with Crippen molar-refractivity contribution in [1.29, 1.82) is 0 Å². The zero-order valence-corrected chi connectivity index (χ0v) is 16.4. The van der Waals surface area contributed by atoms with Crippen LogP contribution in [-0.4, -0.2) is 34.2 Å². The highest BCUT2D eigenvalue weighted by Gasteiger charge is 2.20. The average Bonchev–Trinajstić information content (AvgIpc) is 2.72. The smallest absolute Gasteiger partial charge is 0.359 e. The number of carbonyl (C=O) groups excluding carboxylic acids is 3. The number of nitrogens with one attached hydrogen (secondary N) is 1. The molecule has 2 amide bonds. The average molecular weight is 408 g/mol. The van der Waals surface area contributed by atoms with Crippen molar-refractivity contribution < 1.29 is 19.1 Å². The lowest BCUT2D eigenvalue weighted by atomic mass is 10.1. The number of primary amides is 1. The maximum absolute atomic E-state index is 12.6. The molecule has 0 aliphatic heterocycles. The summed E-state index contributed by atoms with van der Waals surface area (Å²) in [4.78, 5) is 48.8. The summed E-state index contributed by atoms with van der Waals surface area (Å²) >= 11 is 0. The second-order valence-electron chi connectivity index (χ2n) is 6.77. The number of aromatic nitrogens is 2. The van der Waals surface area contributed by atoms with Crippen LogP contribution in [0.3, 0.4) is 0 Å². The van der Waals surface area contributed by atoms with Crippen LogP contribution in [0.1, 0.15) is 40.7 Å². The largest absolute Gasteiger partial charge is 0.451 e. The van der Waals surface area contributed by atoms with Crippen LogP contribution >= 0.6 is 0 Å². The topological polar surface area (TPSA) is 133 Å². The summed E-state index contributed by atoms with van der Waals surface area (Å²) in [7, 11) is 0. The highest BCUT2D eigenvalue weighted by Crippen LogP contribution is 2.16. The number of para-hydroxylation sites is 1. The van der Waals surface area contributed by atoms with Crippen molar-refractivity contribution in [2.45, 2.75) is 19.9 Å². The summed E-state index contributed by atoms with van der Waals surface area (Å²) < 4.78 is 6.30. The standard InChI is InChI=1S/C21H20N4O5/c1-12(2)25-20(28)14-8-4-3-7-13(14)18(24-25)21(29)30-11-17(26)23-16-10-6-5-9-15(16)19(22)27/h3-10,12H,11H2,1-2H3,(H2,22,27)(H,23,26). The summed E-state index contributed by atoms with van der Waals surface area (Å²) in [6.07, 6.45) is 0. The fourth-order valence-corrected chi connectivity index (χ4v) is 2.90. The Morgan fingerprint density at radius 1 is 1.07 bits per heavy atom. The Kier molecular flexibility index (Phi) is 5.91. The summed E-state index contributed by atoms with van der Waals surface area (Å²) in [6, 6.07) is 12.5. The molecule has 3 aromatic rings. The lowest BCUT2D eigenvalue weighted by Crippen LogP contribution is -2.29. The number of nitrogens with two attached hydrogens (primary N) is 1. The minimum Gasteiger partial charge on any atom is -0.451 e. The number of hydrogen-bond donors (Lipinski definition) is 2. The van der Waals surface area contributed by atoms with Crippen LogP contribution in [0.4, 0.5) is 5.69 Å². The molecule has 0 radical (unpaired) electrons. The van der Waals surface area contributed by atoms with Crippen LogP contribution in [0.5, 0.6) is 0 Å². The van der Waals surface area contributed by atoms with Gasteiger partial charge in [0.15, 0.2) is 12.3 Å². The lowest BCUT2D eigenvalue weighted by Gasteiger charge is -2.13. The van der Waals surface area contributed by atoms with Gasteiger partial charge in [0.1, 0.15) is 0 Å². The van der Waals surface area contributed by atoms with Crippen LogP contribution in [0.15, 0.2) is 53.3 Å². The molecule has 9 heteroatoms. The zero-order chi connectivity index (χ0) is 21.8. The minimum atomic E-state index is -0.848. The number of esters is 1. The second kappa shape index (κ2) is 8.56. The van der Waals surface area contributed by atoms with Crippen molar-refractivity contribution in [2.75, 3.05) is 11.9 Å². The first kappa shape index (κ1) is 20.7. The molecule has 3 N–H and O–H groups in total.